The van der Waals surface area contributed by atoms with Crippen LogP contribution in [0.3, 0.4) is 0 Å². The topological polar surface area (TPSA) is 0 Å². The Kier molecular flexibility index (Phi) is 2.72. The first-order valence-electron chi connectivity index (χ1n) is 6.29. The lowest BCUT2D eigenvalue weighted by atomic mass is 9.56. The molecule has 4 atom stereocenters. The van der Waals surface area contributed by atoms with Crippen LogP contribution in [0.25, 0.3) is 0 Å². The molecule has 14 heavy (non-hydrogen) atoms. The van der Waals surface area contributed by atoms with Crippen LogP contribution < -0.4 is 0 Å². The van der Waals surface area contributed by atoms with E-state index < -0.39 is 0 Å². The molecule has 3 rings (SSSR count). The molecule has 0 nitrogen and oxygen atoms in total. The van der Waals surface area contributed by atoms with Gasteiger partial charge < -0.3 is 0 Å². The summed E-state index contributed by atoms with van der Waals surface area (Å²) in [4.78, 5) is 0. The lowest BCUT2D eigenvalue weighted by molar-refractivity contribution is 0.0491. The van der Waals surface area contributed by atoms with E-state index in [0.717, 1.165) is 35.5 Å². The van der Waals surface area contributed by atoms with E-state index in [9.17, 15) is 0 Å². The fourth-order valence-electron chi connectivity index (χ4n) is 3.95. The fourth-order valence-corrected chi connectivity index (χ4v) is 3.95. The summed E-state index contributed by atoms with van der Waals surface area (Å²) in [6.07, 6.45) is 7.93. The van der Waals surface area contributed by atoms with Crippen molar-refractivity contribution in [2.45, 2.75) is 40.5 Å². The molecule has 0 aliphatic heterocycles. The summed E-state index contributed by atoms with van der Waals surface area (Å²) in [5.74, 6) is 5.43. The van der Waals surface area contributed by atoms with Crippen molar-refractivity contribution in [1.29, 1.82) is 0 Å². The quantitative estimate of drug-likeness (QED) is 0.577. The molecule has 3 aliphatic rings. The van der Waals surface area contributed by atoms with Gasteiger partial charge in [0.15, 0.2) is 0 Å². The van der Waals surface area contributed by atoms with E-state index in [0.29, 0.717) is 0 Å². The molecular formula is C14H24. The Morgan fingerprint density at radius 2 is 1.14 bits per heavy atom. The minimum Gasteiger partial charge on any atom is -0.0848 e. The number of hydrogen-bond acceptors (Lipinski definition) is 0. The van der Waals surface area contributed by atoms with E-state index in [1.165, 1.54) is 12.8 Å². The molecule has 3 aliphatic carbocycles. The van der Waals surface area contributed by atoms with Crippen molar-refractivity contribution in [2.24, 2.45) is 35.5 Å². The molecule has 0 spiro atoms. The Balaban J connectivity index is 2.24. The third-order valence-electron chi connectivity index (χ3n) is 4.41. The van der Waals surface area contributed by atoms with Crippen molar-refractivity contribution >= 4 is 0 Å². The summed E-state index contributed by atoms with van der Waals surface area (Å²) in [6.45, 7) is 9.65. The van der Waals surface area contributed by atoms with Crippen molar-refractivity contribution in [3.8, 4) is 0 Å². The third-order valence-corrected chi connectivity index (χ3v) is 4.41. The predicted molar refractivity (Wildman–Crippen MR) is 62.0 cm³/mol. The van der Waals surface area contributed by atoms with Gasteiger partial charge in [0.2, 0.25) is 0 Å². The lowest BCUT2D eigenvalue weighted by Crippen LogP contribution is -2.42. The third kappa shape index (κ3) is 1.53. The van der Waals surface area contributed by atoms with E-state index in [-0.39, 0.29) is 0 Å². The van der Waals surface area contributed by atoms with Crippen LogP contribution in [0, 0.1) is 35.5 Å². The first-order chi connectivity index (χ1) is 6.61. The molecule has 0 aromatic rings. The number of rotatable bonds is 2. The van der Waals surface area contributed by atoms with Gasteiger partial charge in [-0.05, 0) is 48.3 Å². The van der Waals surface area contributed by atoms with Gasteiger partial charge >= 0.3 is 0 Å². The summed E-state index contributed by atoms with van der Waals surface area (Å²) in [5.41, 5.74) is 0. The number of hydrogen-bond donors (Lipinski definition) is 0. The van der Waals surface area contributed by atoms with Gasteiger partial charge in [0, 0.05) is 0 Å². The maximum Gasteiger partial charge on any atom is -0.0199 e. The summed E-state index contributed by atoms with van der Waals surface area (Å²) in [7, 11) is 0. The van der Waals surface area contributed by atoms with Gasteiger partial charge in [-0.3, -0.25) is 0 Å². The predicted octanol–water partition coefficient (Wildman–Crippen LogP) is 4.13. The van der Waals surface area contributed by atoms with Gasteiger partial charge in [-0.25, -0.2) is 0 Å². The highest BCUT2D eigenvalue weighted by Gasteiger charge is 2.42. The zero-order valence-corrected chi connectivity index (χ0v) is 10.0. The smallest absolute Gasteiger partial charge is 0.0199 e. The first-order valence-corrected chi connectivity index (χ1v) is 6.29. The summed E-state index contributed by atoms with van der Waals surface area (Å²) >= 11 is 0. The second kappa shape index (κ2) is 3.72. The Hall–Kier alpha value is -0.260. The van der Waals surface area contributed by atoms with Crippen LogP contribution in [0.4, 0.5) is 0 Å². The number of fused-ring (bicyclic) bond motifs is 2. The highest BCUT2D eigenvalue weighted by atomic mass is 14.5. The standard InChI is InChI=1S/C14H24/c1-9(2)13-11-5-7-12(8-6-11)14(13)10(3)4/h5,7,9-14H,6,8H2,1-4H3/t11?,12?,13-,14-/m0/s1. The molecule has 0 heteroatoms. The maximum absolute atomic E-state index is 2.51. The van der Waals surface area contributed by atoms with Crippen LogP contribution in [0.5, 0.6) is 0 Å². The second-order valence-corrected chi connectivity index (χ2v) is 5.93. The summed E-state index contributed by atoms with van der Waals surface area (Å²) in [5, 5.41) is 0. The lowest BCUT2D eigenvalue weighted by Gasteiger charge is -2.49. The average Bonchev–Trinajstić information content (AvgIpc) is 2.17. The maximum atomic E-state index is 2.51. The van der Waals surface area contributed by atoms with Gasteiger partial charge in [0.1, 0.15) is 0 Å². The van der Waals surface area contributed by atoms with Crippen molar-refractivity contribution in [3.63, 3.8) is 0 Å². The normalized spacial score (nSPS) is 41.3. The Bertz CT molecular complexity index is 200. The molecule has 1 fully saturated rings. The molecular weight excluding hydrogens is 168 g/mol. The highest BCUT2D eigenvalue weighted by Crippen LogP contribution is 2.50. The molecule has 1 saturated carbocycles. The fraction of sp³-hybridized carbons (Fsp3) is 0.857. The van der Waals surface area contributed by atoms with E-state index in [4.69, 9.17) is 0 Å². The van der Waals surface area contributed by atoms with Gasteiger partial charge in [0.25, 0.3) is 0 Å². The molecule has 0 aromatic carbocycles. The van der Waals surface area contributed by atoms with E-state index in [1.54, 1.807) is 0 Å². The molecule has 0 amide bonds. The van der Waals surface area contributed by atoms with Gasteiger partial charge in [-0.1, -0.05) is 39.8 Å². The summed E-state index contributed by atoms with van der Waals surface area (Å²) in [6, 6.07) is 0. The van der Waals surface area contributed by atoms with Gasteiger partial charge in [0.05, 0.1) is 0 Å². The Morgan fingerprint density at radius 1 is 0.786 bits per heavy atom. The van der Waals surface area contributed by atoms with Crippen LogP contribution in [-0.2, 0) is 0 Å². The Morgan fingerprint density at radius 3 is 1.36 bits per heavy atom. The van der Waals surface area contributed by atoms with Crippen molar-refractivity contribution in [1.82, 2.24) is 0 Å². The van der Waals surface area contributed by atoms with Gasteiger partial charge in [-0.15, -0.1) is 0 Å². The molecule has 0 aromatic heterocycles. The van der Waals surface area contributed by atoms with Crippen LogP contribution in [-0.4, -0.2) is 0 Å². The van der Waals surface area contributed by atoms with Gasteiger partial charge in [-0.2, -0.15) is 0 Å². The highest BCUT2D eigenvalue weighted by molar-refractivity contribution is 5.10. The van der Waals surface area contributed by atoms with Crippen LogP contribution in [0.1, 0.15) is 40.5 Å². The van der Waals surface area contributed by atoms with E-state index in [1.807, 2.05) is 0 Å². The van der Waals surface area contributed by atoms with Crippen LogP contribution >= 0.6 is 0 Å². The average molecular weight is 192 g/mol. The van der Waals surface area contributed by atoms with Crippen LogP contribution in [0.2, 0.25) is 0 Å². The minimum absolute atomic E-state index is 0.861. The molecule has 0 N–H and O–H groups in total. The molecule has 0 heterocycles. The van der Waals surface area contributed by atoms with E-state index >= 15 is 0 Å². The molecule has 0 saturated heterocycles. The van der Waals surface area contributed by atoms with Crippen LogP contribution in [0.15, 0.2) is 12.2 Å². The molecule has 2 unspecified atom stereocenters. The largest absolute Gasteiger partial charge is 0.0848 e. The SMILES string of the molecule is CC(C)[C@H]1C2C=CC(CC2)[C@@H]1C(C)C. The Labute approximate surface area is 88.8 Å². The van der Waals surface area contributed by atoms with E-state index in [2.05, 4.69) is 39.8 Å². The van der Waals surface area contributed by atoms with Crippen molar-refractivity contribution < 1.29 is 0 Å². The van der Waals surface area contributed by atoms with Crippen molar-refractivity contribution in [3.05, 3.63) is 12.2 Å². The first kappa shape index (κ1) is 10.3. The number of allylic oxidation sites excluding steroid dienone is 2. The zero-order valence-electron chi connectivity index (χ0n) is 10.0. The zero-order chi connectivity index (χ0) is 10.3. The van der Waals surface area contributed by atoms with Crippen molar-refractivity contribution in [2.75, 3.05) is 0 Å². The monoisotopic (exact) mass is 192 g/mol. The second-order valence-electron chi connectivity index (χ2n) is 5.93. The molecule has 2 bridgehead atoms. The minimum atomic E-state index is 0.861. The molecule has 0 radical (unpaired) electrons. The molecule has 80 valence electrons. The summed E-state index contributed by atoms with van der Waals surface area (Å²) < 4.78 is 0.